The molecule has 0 spiro atoms. The Hall–Kier alpha value is -2.78. The highest BCUT2D eigenvalue weighted by Gasteiger charge is 2.07. The topological polar surface area (TPSA) is 30.8 Å². The molecule has 0 aliphatic heterocycles. The van der Waals surface area contributed by atoms with Crippen LogP contribution in [0, 0.1) is 6.92 Å². The van der Waals surface area contributed by atoms with Gasteiger partial charge in [-0.25, -0.2) is 0 Å². The van der Waals surface area contributed by atoms with Crippen LogP contribution in [-0.4, -0.2) is 12.8 Å². The van der Waals surface area contributed by atoms with Gasteiger partial charge < -0.3 is 9.47 Å². The summed E-state index contributed by atoms with van der Waals surface area (Å²) < 4.78 is 11.7. The lowest BCUT2D eigenvalue weighted by atomic mass is 10.2. The summed E-state index contributed by atoms with van der Waals surface area (Å²) >= 11 is 6.03. The fourth-order valence-electron chi connectivity index (χ4n) is 2.63. The first-order chi connectivity index (χ1) is 13.2. The largest absolute Gasteiger partial charge is 0.490 e. The minimum atomic E-state index is 0.428. The van der Waals surface area contributed by atoms with E-state index in [1.165, 1.54) is 0 Å². The van der Waals surface area contributed by atoms with Gasteiger partial charge in [0.1, 0.15) is 6.61 Å². The average Bonchev–Trinajstić information content (AvgIpc) is 2.67. The third-order valence-electron chi connectivity index (χ3n) is 4.02. The van der Waals surface area contributed by atoms with Crippen LogP contribution < -0.4 is 9.47 Å². The van der Waals surface area contributed by atoms with Gasteiger partial charge in [0, 0.05) is 11.2 Å². The molecular formula is C23H22ClNO2. The van der Waals surface area contributed by atoms with Crippen molar-refractivity contribution in [1.82, 2.24) is 0 Å². The van der Waals surface area contributed by atoms with Crippen LogP contribution in [0.25, 0.3) is 0 Å². The molecule has 0 amide bonds. The molecule has 3 rings (SSSR count). The van der Waals surface area contributed by atoms with Crippen molar-refractivity contribution in [2.45, 2.75) is 20.5 Å². The molecule has 4 heteroatoms. The van der Waals surface area contributed by atoms with Gasteiger partial charge in [-0.1, -0.05) is 41.9 Å². The highest BCUT2D eigenvalue weighted by atomic mass is 35.5. The van der Waals surface area contributed by atoms with Crippen molar-refractivity contribution in [2.75, 3.05) is 6.61 Å². The van der Waals surface area contributed by atoms with Crippen LogP contribution in [0.3, 0.4) is 0 Å². The van der Waals surface area contributed by atoms with Crippen molar-refractivity contribution in [3.05, 3.63) is 88.4 Å². The van der Waals surface area contributed by atoms with Crippen molar-refractivity contribution in [3.8, 4) is 11.5 Å². The summed E-state index contributed by atoms with van der Waals surface area (Å²) in [5.41, 5.74) is 4.06. The van der Waals surface area contributed by atoms with Gasteiger partial charge in [-0.15, -0.1) is 0 Å². The van der Waals surface area contributed by atoms with Crippen LogP contribution in [0.5, 0.6) is 11.5 Å². The van der Waals surface area contributed by atoms with Crippen molar-refractivity contribution in [2.24, 2.45) is 4.99 Å². The maximum Gasteiger partial charge on any atom is 0.161 e. The summed E-state index contributed by atoms with van der Waals surface area (Å²) in [6.07, 6.45) is 1.84. The van der Waals surface area contributed by atoms with Crippen molar-refractivity contribution in [3.63, 3.8) is 0 Å². The van der Waals surface area contributed by atoms with E-state index >= 15 is 0 Å². The molecule has 0 heterocycles. The smallest absolute Gasteiger partial charge is 0.161 e. The van der Waals surface area contributed by atoms with Crippen LogP contribution in [0.2, 0.25) is 5.02 Å². The fraction of sp³-hybridized carbons (Fsp3) is 0.174. The van der Waals surface area contributed by atoms with E-state index in [4.69, 9.17) is 21.1 Å². The molecule has 0 aliphatic rings. The molecule has 3 aromatic carbocycles. The van der Waals surface area contributed by atoms with E-state index < -0.39 is 0 Å². The Morgan fingerprint density at radius 2 is 1.78 bits per heavy atom. The first-order valence-corrected chi connectivity index (χ1v) is 9.27. The van der Waals surface area contributed by atoms with Crippen molar-refractivity contribution >= 4 is 23.5 Å². The number of hydrogen-bond acceptors (Lipinski definition) is 3. The molecular weight excluding hydrogens is 358 g/mol. The highest BCUT2D eigenvalue weighted by molar-refractivity contribution is 6.30. The third kappa shape index (κ3) is 5.35. The molecule has 0 saturated heterocycles. The predicted octanol–water partition coefficient (Wildman–Crippen LogP) is 6.38. The normalized spacial score (nSPS) is 10.9. The van der Waals surface area contributed by atoms with Crippen LogP contribution in [0.1, 0.15) is 23.6 Å². The number of hydrogen-bond donors (Lipinski definition) is 0. The standard InChI is InChI=1S/C23H22ClNO2/c1-3-26-23-14-18(15-25-21-10-5-4-7-17(21)2)11-12-22(23)27-16-19-8-6-9-20(24)13-19/h4-15H,3,16H2,1-2H3. The van der Waals surface area contributed by atoms with E-state index in [-0.39, 0.29) is 0 Å². The Morgan fingerprint density at radius 3 is 2.56 bits per heavy atom. The number of aliphatic imine (C=N–C) groups is 1. The van der Waals surface area contributed by atoms with E-state index in [1.54, 1.807) is 0 Å². The zero-order chi connectivity index (χ0) is 19.1. The van der Waals surface area contributed by atoms with E-state index in [1.807, 2.05) is 86.8 Å². The van der Waals surface area contributed by atoms with Crippen molar-refractivity contribution < 1.29 is 9.47 Å². The van der Waals surface area contributed by atoms with Gasteiger partial charge in [0.15, 0.2) is 11.5 Å². The van der Waals surface area contributed by atoms with Gasteiger partial charge in [0.25, 0.3) is 0 Å². The van der Waals surface area contributed by atoms with E-state index in [0.717, 1.165) is 22.4 Å². The highest BCUT2D eigenvalue weighted by Crippen LogP contribution is 2.29. The van der Waals surface area contributed by atoms with Gasteiger partial charge >= 0.3 is 0 Å². The summed E-state index contributed by atoms with van der Waals surface area (Å²) in [6, 6.07) is 21.5. The summed E-state index contributed by atoms with van der Waals surface area (Å²) in [5, 5.41) is 0.698. The number of rotatable bonds is 7. The summed E-state index contributed by atoms with van der Waals surface area (Å²) in [7, 11) is 0. The minimum absolute atomic E-state index is 0.428. The molecule has 3 aromatic rings. The Kier molecular flexibility index (Phi) is 6.50. The van der Waals surface area contributed by atoms with E-state index in [0.29, 0.717) is 29.7 Å². The number of ether oxygens (including phenoxy) is 2. The fourth-order valence-corrected chi connectivity index (χ4v) is 2.85. The second kappa shape index (κ2) is 9.24. The zero-order valence-corrected chi connectivity index (χ0v) is 16.2. The molecule has 0 saturated carbocycles. The second-order valence-corrected chi connectivity index (χ2v) is 6.54. The summed E-state index contributed by atoms with van der Waals surface area (Å²) in [4.78, 5) is 4.57. The molecule has 0 fully saturated rings. The molecule has 0 aromatic heterocycles. The van der Waals surface area contributed by atoms with E-state index in [9.17, 15) is 0 Å². The van der Waals surface area contributed by atoms with Gasteiger partial charge in [0.05, 0.1) is 12.3 Å². The molecule has 27 heavy (non-hydrogen) atoms. The van der Waals surface area contributed by atoms with Gasteiger partial charge in [-0.05, 0) is 66.9 Å². The molecule has 0 bridgehead atoms. The average molecular weight is 380 g/mol. The molecule has 138 valence electrons. The lowest BCUT2D eigenvalue weighted by Crippen LogP contribution is -2.00. The van der Waals surface area contributed by atoms with Gasteiger partial charge in [-0.3, -0.25) is 4.99 Å². The number of nitrogens with zero attached hydrogens (tertiary/aromatic N) is 1. The summed E-state index contributed by atoms with van der Waals surface area (Å²) in [6.45, 7) is 4.99. The molecule has 0 aliphatic carbocycles. The SMILES string of the molecule is CCOc1cc(C=Nc2ccccc2C)ccc1OCc1cccc(Cl)c1. The lowest BCUT2D eigenvalue weighted by molar-refractivity contribution is 0.269. The molecule has 3 nitrogen and oxygen atoms in total. The lowest BCUT2D eigenvalue weighted by Gasteiger charge is -2.13. The Balaban J connectivity index is 1.77. The zero-order valence-electron chi connectivity index (χ0n) is 15.5. The summed E-state index contributed by atoms with van der Waals surface area (Å²) in [5.74, 6) is 1.40. The second-order valence-electron chi connectivity index (χ2n) is 6.10. The van der Waals surface area contributed by atoms with Gasteiger partial charge in [-0.2, -0.15) is 0 Å². The first kappa shape index (κ1) is 19.0. The molecule has 0 radical (unpaired) electrons. The van der Waals surface area contributed by atoms with Gasteiger partial charge in [0.2, 0.25) is 0 Å². The first-order valence-electron chi connectivity index (χ1n) is 8.89. The Bertz CT molecular complexity index is 937. The maximum absolute atomic E-state index is 6.03. The Morgan fingerprint density at radius 1 is 0.926 bits per heavy atom. The molecule has 0 unspecified atom stereocenters. The van der Waals surface area contributed by atoms with Crippen LogP contribution in [0.15, 0.2) is 71.7 Å². The molecule has 0 N–H and O–H groups in total. The molecule has 0 atom stereocenters. The minimum Gasteiger partial charge on any atom is -0.490 e. The van der Waals surface area contributed by atoms with Crippen LogP contribution >= 0.6 is 11.6 Å². The van der Waals surface area contributed by atoms with Crippen LogP contribution in [-0.2, 0) is 6.61 Å². The quantitative estimate of drug-likeness (QED) is 0.446. The number of para-hydroxylation sites is 1. The van der Waals surface area contributed by atoms with E-state index in [2.05, 4.69) is 4.99 Å². The van der Waals surface area contributed by atoms with Crippen LogP contribution in [0.4, 0.5) is 5.69 Å². The Labute approximate surface area is 165 Å². The predicted molar refractivity (Wildman–Crippen MR) is 112 cm³/mol. The maximum atomic E-state index is 6.03. The van der Waals surface area contributed by atoms with Crippen molar-refractivity contribution in [1.29, 1.82) is 0 Å². The monoisotopic (exact) mass is 379 g/mol. The number of halogens is 1. The number of aryl methyl sites for hydroxylation is 1. The third-order valence-corrected chi connectivity index (χ3v) is 4.25. The number of benzene rings is 3.